The van der Waals surface area contributed by atoms with E-state index in [-0.39, 0.29) is 5.78 Å². The van der Waals surface area contributed by atoms with Gasteiger partial charge in [0.05, 0.1) is 24.7 Å². The van der Waals surface area contributed by atoms with Crippen molar-refractivity contribution in [3.63, 3.8) is 0 Å². The highest BCUT2D eigenvalue weighted by atomic mass is 32.1. The normalized spacial score (nSPS) is 21.6. The van der Waals surface area contributed by atoms with Crippen LogP contribution in [0.5, 0.6) is 5.88 Å². The quantitative estimate of drug-likeness (QED) is 0.598. The van der Waals surface area contributed by atoms with Gasteiger partial charge < -0.3 is 14.0 Å². The highest BCUT2D eigenvalue weighted by Gasteiger charge is 2.38. The number of thiophene rings is 1. The number of ether oxygens (including phenoxy) is 2. The molecule has 3 aromatic rings. The molecule has 7 heteroatoms. The van der Waals surface area contributed by atoms with Crippen molar-refractivity contribution in [3.05, 3.63) is 46.6 Å². The number of morpholine rings is 1. The molecule has 2 unspecified atom stereocenters. The second-order valence-electron chi connectivity index (χ2n) is 7.57. The number of methoxy groups -OCH3 is 1. The number of fused-ring (bicyclic) bond motifs is 3. The Morgan fingerprint density at radius 2 is 2.25 bits per heavy atom. The monoisotopic (exact) mass is 397 g/mol. The fourth-order valence-electron chi connectivity index (χ4n) is 4.32. The van der Waals surface area contributed by atoms with Crippen LogP contribution in [0.15, 0.2) is 30.5 Å². The summed E-state index contributed by atoms with van der Waals surface area (Å²) in [6, 6.07) is 8.25. The van der Waals surface area contributed by atoms with Gasteiger partial charge in [-0.15, -0.1) is 11.3 Å². The molecular weight excluding hydrogens is 374 g/mol. The lowest BCUT2D eigenvalue weighted by Crippen LogP contribution is -2.38. The number of pyridine rings is 1. The molecule has 0 amide bonds. The van der Waals surface area contributed by atoms with E-state index in [0.29, 0.717) is 23.6 Å². The highest BCUT2D eigenvalue weighted by Crippen LogP contribution is 2.32. The number of likely N-dealkylation sites (tertiary alicyclic amines) is 1. The molecule has 2 bridgehead atoms. The van der Waals surface area contributed by atoms with Crippen LogP contribution in [0.25, 0.3) is 10.2 Å². The van der Waals surface area contributed by atoms with Gasteiger partial charge >= 0.3 is 0 Å². The highest BCUT2D eigenvalue weighted by molar-refractivity contribution is 7.20. The number of carbonyl (C=O) groups excluding carboxylic acids is 1. The molecule has 0 spiro atoms. The van der Waals surface area contributed by atoms with Crippen LogP contribution in [0.2, 0.25) is 0 Å². The second kappa shape index (κ2) is 6.99. The lowest BCUT2D eigenvalue weighted by Gasteiger charge is -2.26. The molecule has 3 aromatic heterocycles. The summed E-state index contributed by atoms with van der Waals surface area (Å²) in [5.41, 5.74) is 1.83. The number of rotatable bonds is 6. The van der Waals surface area contributed by atoms with Gasteiger partial charge in [-0.05, 0) is 31.5 Å². The molecule has 5 rings (SSSR count). The molecule has 28 heavy (non-hydrogen) atoms. The van der Waals surface area contributed by atoms with Crippen molar-refractivity contribution in [2.75, 3.05) is 26.8 Å². The minimum Gasteiger partial charge on any atom is -0.481 e. The molecule has 0 aliphatic carbocycles. The SMILES string of the molecule is COc1ccc(C(=O)c2cc3cc(C)n(CCN4CC5CC4CO5)c3s2)cn1. The first-order valence-electron chi connectivity index (χ1n) is 9.62. The van der Waals surface area contributed by atoms with Crippen molar-refractivity contribution < 1.29 is 14.3 Å². The van der Waals surface area contributed by atoms with Crippen molar-refractivity contribution in [1.82, 2.24) is 14.5 Å². The average Bonchev–Trinajstić information content (AvgIpc) is 3.47. The van der Waals surface area contributed by atoms with E-state index in [0.717, 1.165) is 36.5 Å². The van der Waals surface area contributed by atoms with Crippen molar-refractivity contribution in [2.24, 2.45) is 0 Å². The number of aryl methyl sites for hydroxylation is 1. The third kappa shape index (κ3) is 3.03. The number of hydrogen-bond donors (Lipinski definition) is 0. The van der Waals surface area contributed by atoms with Crippen molar-refractivity contribution >= 4 is 27.3 Å². The number of ketones is 1. The Bertz CT molecular complexity index is 1020. The van der Waals surface area contributed by atoms with Crippen LogP contribution in [-0.2, 0) is 11.3 Å². The summed E-state index contributed by atoms with van der Waals surface area (Å²) in [4.78, 5) is 21.5. The summed E-state index contributed by atoms with van der Waals surface area (Å²) in [6.45, 7) is 6.03. The Balaban J connectivity index is 1.36. The molecule has 2 aliphatic rings. The van der Waals surface area contributed by atoms with Crippen LogP contribution < -0.4 is 4.74 Å². The van der Waals surface area contributed by atoms with Crippen LogP contribution in [0.4, 0.5) is 0 Å². The predicted molar refractivity (Wildman–Crippen MR) is 108 cm³/mol. The zero-order valence-electron chi connectivity index (χ0n) is 16.1. The molecule has 2 saturated heterocycles. The molecule has 2 aliphatic heterocycles. The Labute approximate surface area is 167 Å². The Morgan fingerprint density at radius 1 is 1.36 bits per heavy atom. The molecule has 2 atom stereocenters. The molecule has 6 nitrogen and oxygen atoms in total. The summed E-state index contributed by atoms with van der Waals surface area (Å²) in [6.07, 6.45) is 3.18. The van der Waals surface area contributed by atoms with Crippen LogP contribution in [0.3, 0.4) is 0 Å². The van der Waals surface area contributed by atoms with Gasteiger partial charge in [-0.25, -0.2) is 4.98 Å². The van der Waals surface area contributed by atoms with Gasteiger partial charge in [0, 0.05) is 54.6 Å². The van der Waals surface area contributed by atoms with Crippen molar-refractivity contribution in [1.29, 1.82) is 0 Å². The van der Waals surface area contributed by atoms with E-state index in [2.05, 4.69) is 27.4 Å². The van der Waals surface area contributed by atoms with E-state index >= 15 is 0 Å². The number of hydrogen-bond acceptors (Lipinski definition) is 6. The van der Waals surface area contributed by atoms with E-state index in [1.54, 1.807) is 36.8 Å². The predicted octanol–water partition coefficient (Wildman–Crippen LogP) is 3.12. The minimum absolute atomic E-state index is 0.00885. The van der Waals surface area contributed by atoms with Crippen LogP contribution in [0, 0.1) is 6.92 Å². The van der Waals surface area contributed by atoms with Gasteiger partial charge in [-0.2, -0.15) is 0 Å². The van der Waals surface area contributed by atoms with Crippen molar-refractivity contribution in [3.8, 4) is 5.88 Å². The fourth-order valence-corrected chi connectivity index (χ4v) is 5.51. The van der Waals surface area contributed by atoms with Gasteiger partial charge in [-0.3, -0.25) is 9.69 Å². The summed E-state index contributed by atoms with van der Waals surface area (Å²) in [5.74, 6) is 0.519. The third-order valence-electron chi connectivity index (χ3n) is 5.83. The summed E-state index contributed by atoms with van der Waals surface area (Å²) < 4.78 is 13.1. The smallest absolute Gasteiger partial charge is 0.212 e. The van der Waals surface area contributed by atoms with E-state index in [1.807, 2.05) is 6.07 Å². The molecule has 5 heterocycles. The maximum absolute atomic E-state index is 12.9. The molecule has 2 fully saturated rings. The zero-order chi connectivity index (χ0) is 19.3. The first-order valence-corrected chi connectivity index (χ1v) is 10.4. The molecule has 146 valence electrons. The zero-order valence-corrected chi connectivity index (χ0v) is 16.9. The number of nitrogens with zero attached hydrogens (tertiary/aromatic N) is 3. The number of carbonyl (C=O) groups is 1. The van der Waals surface area contributed by atoms with E-state index in [9.17, 15) is 4.79 Å². The van der Waals surface area contributed by atoms with Gasteiger partial charge in [-0.1, -0.05) is 0 Å². The summed E-state index contributed by atoms with van der Waals surface area (Å²) in [7, 11) is 1.57. The fraction of sp³-hybridized carbons (Fsp3) is 0.429. The van der Waals surface area contributed by atoms with Gasteiger partial charge in [0.25, 0.3) is 0 Å². The number of aromatic nitrogens is 2. The van der Waals surface area contributed by atoms with E-state index < -0.39 is 0 Å². The van der Waals surface area contributed by atoms with Gasteiger partial charge in [0.15, 0.2) is 0 Å². The van der Waals surface area contributed by atoms with E-state index in [1.165, 1.54) is 16.9 Å². The van der Waals surface area contributed by atoms with Crippen LogP contribution in [0.1, 0.15) is 27.3 Å². The topological polar surface area (TPSA) is 56.6 Å². The summed E-state index contributed by atoms with van der Waals surface area (Å²) >= 11 is 1.57. The molecule has 0 N–H and O–H groups in total. The first-order chi connectivity index (χ1) is 13.6. The standard InChI is InChI=1S/C21H23N3O3S/c1-13-7-15-8-18(20(25)14-3-4-19(26-2)22-10-14)28-21(15)24(13)6-5-23-11-17-9-16(23)12-27-17/h3-4,7-8,10,16-17H,5-6,9,11-12H2,1-2H3. The maximum Gasteiger partial charge on any atom is 0.212 e. The van der Waals surface area contributed by atoms with Crippen LogP contribution in [-0.4, -0.2) is 59.2 Å². The Hall–Kier alpha value is -2.22. The van der Waals surface area contributed by atoms with Gasteiger partial charge in [0.1, 0.15) is 4.83 Å². The Kier molecular flexibility index (Phi) is 4.45. The summed E-state index contributed by atoms with van der Waals surface area (Å²) in [5, 5.41) is 1.14. The lowest BCUT2D eigenvalue weighted by molar-refractivity contribution is 0.0294. The van der Waals surface area contributed by atoms with Crippen LogP contribution >= 0.6 is 11.3 Å². The Morgan fingerprint density at radius 3 is 2.93 bits per heavy atom. The maximum atomic E-state index is 12.9. The molecule has 0 saturated carbocycles. The first kappa shape index (κ1) is 17.8. The second-order valence-corrected chi connectivity index (χ2v) is 8.60. The molecular formula is C21H23N3O3S. The minimum atomic E-state index is 0.00885. The molecule has 0 aromatic carbocycles. The third-order valence-corrected chi connectivity index (χ3v) is 7.00. The lowest BCUT2D eigenvalue weighted by atomic mass is 10.1. The largest absolute Gasteiger partial charge is 0.481 e. The van der Waals surface area contributed by atoms with Gasteiger partial charge in [0.2, 0.25) is 11.7 Å². The average molecular weight is 398 g/mol. The van der Waals surface area contributed by atoms with Crippen molar-refractivity contribution in [2.45, 2.75) is 32.0 Å². The molecule has 0 radical (unpaired) electrons. The van der Waals surface area contributed by atoms with E-state index in [4.69, 9.17) is 9.47 Å².